The van der Waals surface area contributed by atoms with Crippen LogP contribution in [-0.4, -0.2) is 25.2 Å². The Labute approximate surface area is 124 Å². The highest BCUT2D eigenvalue weighted by molar-refractivity contribution is 9.10. The van der Waals surface area contributed by atoms with Crippen LogP contribution < -0.4 is 10.2 Å². The first kappa shape index (κ1) is 13.4. The minimum Gasteiger partial charge on any atom is -0.365 e. The number of nitrogens with one attached hydrogen (secondary N) is 1. The number of hydrogen-bond acceptors (Lipinski definition) is 2. The lowest BCUT2D eigenvalue weighted by Crippen LogP contribution is -2.49. The normalized spacial score (nSPS) is 24.3. The molecule has 2 nitrogen and oxygen atoms in total. The van der Waals surface area contributed by atoms with Gasteiger partial charge >= 0.3 is 0 Å². The summed E-state index contributed by atoms with van der Waals surface area (Å²) >= 11 is 3.60. The second-order valence-electron chi connectivity index (χ2n) is 6.94. The first-order chi connectivity index (χ1) is 8.92. The predicted molar refractivity (Wildman–Crippen MR) is 84.8 cm³/mol. The molecule has 2 fully saturated rings. The van der Waals surface area contributed by atoms with Gasteiger partial charge in [0.05, 0.1) is 0 Å². The minimum absolute atomic E-state index is 0.173. The number of nitrogens with zero attached hydrogens (tertiary/aromatic N) is 1. The molecule has 3 rings (SSSR count). The standard InChI is InChI=1S/C16H23BrN2/c1-12-8-13(4-5-14(12)17)19-11-16(6-7-16)10-18-9-15(19,2)3/h4-5,8,18H,6-7,9-11H2,1-3H3. The van der Waals surface area contributed by atoms with Crippen LogP contribution in [0, 0.1) is 12.3 Å². The average Bonchev–Trinajstić information content (AvgIpc) is 3.11. The van der Waals surface area contributed by atoms with E-state index in [1.165, 1.54) is 41.7 Å². The summed E-state index contributed by atoms with van der Waals surface area (Å²) in [5.74, 6) is 0. The molecule has 1 aliphatic heterocycles. The van der Waals surface area contributed by atoms with Crippen molar-refractivity contribution in [3.8, 4) is 0 Å². The van der Waals surface area contributed by atoms with E-state index in [9.17, 15) is 0 Å². The molecule has 1 aliphatic carbocycles. The first-order valence-corrected chi connectivity index (χ1v) is 7.96. The average molecular weight is 323 g/mol. The third-order valence-corrected chi connectivity index (χ3v) is 5.58. The Bertz CT molecular complexity index is 492. The maximum absolute atomic E-state index is 3.67. The second-order valence-corrected chi connectivity index (χ2v) is 7.79. The van der Waals surface area contributed by atoms with Crippen LogP contribution in [0.15, 0.2) is 22.7 Å². The van der Waals surface area contributed by atoms with Crippen LogP contribution in [-0.2, 0) is 0 Å². The van der Waals surface area contributed by atoms with Crippen molar-refractivity contribution in [1.29, 1.82) is 0 Å². The van der Waals surface area contributed by atoms with E-state index in [4.69, 9.17) is 0 Å². The van der Waals surface area contributed by atoms with E-state index >= 15 is 0 Å². The largest absolute Gasteiger partial charge is 0.365 e. The molecule has 0 aromatic heterocycles. The van der Waals surface area contributed by atoms with Crippen molar-refractivity contribution in [2.24, 2.45) is 5.41 Å². The highest BCUT2D eigenvalue weighted by atomic mass is 79.9. The zero-order chi connectivity index (χ0) is 13.7. The lowest BCUT2D eigenvalue weighted by atomic mass is 9.99. The van der Waals surface area contributed by atoms with Gasteiger partial charge in [-0.2, -0.15) is 0 Å². The summed E-state index contributed by atoms with van der Waals surface area (Å²) in [5, 5.41) is 3.67. The van der Waals surface area contributed by atoms with E-state index in [1.54, 1.807) is 0 Å². The van der Waals surface area contributed by atoms with Crippen LogP contribution in [0.5, 0.6) is 0 Å². The number of halogens is 1. The number of anilines is 1. The number of rotatable bonds is 1. The molecule has 2 aliphatic rings. The van der Waals surface area contributed by atoms with Crippen molar-refractivity contribution in [2.75, 3.05) is 24.5 Å². The maximum atomic E-state index is 3.67. The number of benzene rings is 1. The van der Waals surface area contributed by atoms with Crippen LogP contribution >= 0.6 is 15.9 Å². The van der Waals surface area contributed by atoms with Crippen molar-refractivity contribution >= 4 is 21.6 Å². The molecule has 0 radical (unpaired) electrons. The van der Waals surface area contributed by atoms with Gasteiger partial charge in [0.25, 0.3) is 0 Å². The summed E-state index contributed by atoms with van der Waals surface area (Å²) in [5.41, 5.74) is 3.39. The molecule has 0 bridgehead atoms. The number of aryl methyl sites for hydroxylation is 1. The van der Waals surface area contributed by atoms with Crippen LogP contribution in [0.25, 0.3) is 0 Å². The van der Waals surface area contributed by atoms with Crippen LogP contribution in [0.4, 0.5) is 5.69 Å². The maximum Gasteiger partial charge on any atom is 0.0470 e. The molecule has 1 aromatic carbocycles. The molecular weight excluding hydrogens is 300 g/mol. The Morgan fingerprint density at radius 1 is 1.21 bits per heavy atom. The van der Waals surface area contributed by atoms with Crippen molar-refractivity contribution in [3.63, 3.8) is 0 Å². The minimum atomic E-state index is 0.173. The molecule has 19 heavy (non-hydrogen) atoms. The molecule has 0 atom stereocenters. The molecule has 1 heterocycles. The van der Waals surface area contributed by atoms with Crippen molar-refractivity contribution < 1.29 is 0 Å². The van der Waals surface area contributed by atoms with Gasteiger partial charge in [0.15, 0.2) is 0 Å². The Morgan fingerprint density at radius 3 is 2.58 bits per heavy atom. The topological polar surface area (TPSA) is 15.3 Å². The molecule has 1 spiro atoms. The SMILES string of the molecule is Cc1cc(N2CC3(CC3)CNCC2(C)C)ccc1Br. The molecule has 1 saturated carbocycles. The third-order valence-electron chi connectivity index (χ3n) is 4.69. The van der Waals surface area contributed by atoms with Gasteiger partial charge in [0, 0.05) is 40.7 Å². The van der Waals surface area contributed by atoms with E-state index in [0.29, 0.717) is 5.41 Å². The fraction of sp³-hybridized carbons (Fsp3) is 0.625. The van der Waals surface area contributed by atoms with E-state index < -0.39 is 0 Å². The van der Waals surface area contributed by atoms with Crippen molar-refractivity contribution in [1.82, 2.24) is 5.32 Å². The van der Waals surface area contributed by atoms with Crippen LogP contribution in [0.3, 0.4) is 0 Å². The lowest BCUT2D eigenvalue weighted by molar-refractivity contribution is 0.456. The summed E-state index contributed by atoms with van der Waals surface area (Å²) in [6.45, 7) is 10.3. The van der Waals surface area contributed by atoms with Crippen LogP contribution in [0.2, 0.25) is 0 Å². The second kappa shape index (κ2) is 4.49. The summed E-state index contributed by atoms with van der Waals surface area (Å²) in [4.78, 5) is 2.61. The summed E-state index contributed by atoms with van der Waals surface area (Å²) in [6.07, 6.45) is 2.75. The Morgan fingerprint density at radius 2 is 1.95 bits per heavy atom. The monoisotopic (exact) mass is 322 g/mol. The molecule has 104 valence electrons. The predicted octanol–water partition coefficient (Wildman–Crippen LogP) is 3.73. The van der Waals surface area contributed by atoms with E-state index in [1.807, 2.05) is 0 Å². The molecular formula is C16H23BrN2. The van der Waals surface area contributed by atoms with E-state index in [0.717, 1.165) is 6.54 Å². The van der Waals surface area contributed by atoms with Gasteiger partial charge in [-0.25, -0.2) is 0 Å². The summed E-state index contributed by atoms with van der Waals surface area (Å²) in [6, 6.07) is 6.74. The third kappa shape index (κ3) is 2.55. The fourth-order valence-electron chi connectivity index (χ4n) is 3.08. The molecule has 1 saturated heterocycles. The quantitative estimate of drug-likeness (QED) is 0.847. The highest BCUT2D eigenvalue weighted by Gasteiger charge is 2.48. The van der Waals surface area contributed by atoms with Crippen molar-refractivity contribution in [2.45, 2.75) is 39.2 Å². The first-order valence-electron chi connectivity index (χ1n) is 7.17. The van der Waals surface area contributed by atoms with Gasteiger partial charge in [-0.3, -0.25) is 0 Å². The lowest BCUT2D eigenvalue weighted by Gasteiger charge is -2.40. The Kier molecular flexibility index (Phi) is 3.18. The molecule has 1 aromatic rings. The van der Waals surface area contributed by atoms with Crippen molar-refractivity contribution in [3.05, 3.63) is 28.2 Å². The van der Waals surface area contributed by atoms with Gasteiger partial charge in [-0.1, -0.05) is 15.9 Å². The summed E-state index contributed by atoms with van der Waals surface area (Å²) < 4.78 is 1.20. The van der Waals surface area contributed by atoms with Gasteiger partial charge in [-0.05, 0) is 57.4 Å². The summed E-state index contributed by atoms with van der Waals surface area (Å²) in [7, 11) is 0. The number of hydrogen-bond donors (Lipinski definition) is 1. The Balaban J connectivity index is 1.96. The smallest absolute Gasteiger partial charge is 0.0470 e. The van der Waals surface area contributed by atoms with E-state index in [2.05, 4.69) is 65.1 Å². The van der Waals surface area contributed by atoms with Crippen LogP contribution in [0.1, 0.15) is 32.3 Å². The van der Waals surface area contributed by atoms with Gasteiger partial charge in [0.1, 0.15) is 0 Å². The van der Waals surface area contributed by atoms with E-state index in [-0.39, 0.29) is 5.54 Å². The molecule has 1 N–H and O–H groups in total. The van der Waals surface area contributed by atoms with Gasteiger partial charge in [0.2, 0.25) is 0 Å². The zero-order valence-electron chi connectivity index (χ0n) is 12.1. The molecule has 3 heteroatoms. The van der Waals surface area contributed by atoms with Gasteiger partial charge in [-0.15, -0.1) is 0 Å². The van der Waals surface area contributed by atoms with Gasteiger partial charge < -0.3 is 10.2 Å². The molecule has 0 amide bonds. The molecule has 0 unspecified atom stereocenters. The Hall–Kier alpha value is -0.540. The zero-order valence-corrected chi connectivity index (χ0v) is 13.7. The highest BCUT2D eigenvalue weighted by Crippen LogP contribution is 2.48. The fourth-order valence-corrected chi connectivity index (χ4v) is 3.33.